The number of hydrogen-bond acceptors (Lipinski definition) is 7. The maximum atomic E-state index is 14.6. The van der Waals surface area contributed by atoms with Gasteiger partial charge in [-0.3, -0.25) is 9.57 Å². The Morgan fingerprint density at radius 3 is 2.57 bits per heavy atom. The lowest BCUT2D eigenvalue weighted by atomic mass is 10.0. The maximum absolute atomic E-state index is 14.6. The quantitative estimate of drug-likeness (QED) is 0.281. The Kier molecular flexibility index (Phi) is 7.71. The normalized spacial score (nSPS) is 16.1. The van der Waals surface area contributed by atoms with Gasteiger partial charge in [0.15, 0.2) is 0 Å². The van der Waals surface area contributed by atoms with E-state index in [-0.39, 0.29) is 54.6 Å². The SMILES string of the molecule is CCN1N=C(c2nc(-c3cc(F)c(CNCCCP(=O)(O)O)c(F)c3)no2)CC1c1ccccc1. The minimum Gasteiger partial charge on any atom is -0.332 e. The fraction of sp³-hybridized carbons (Fsp3) is 0.348. The molecule has 0 saturated carbocycles. The zero-order valence-corrected chi connectivity index (χ0v) is 20.0. The van der Waals surface area contributed by atoms with Crippen molar-refractivity contribution in [2.45, 2.75) is 32.4 Å². The van der Waals surface area contributed by atoms with Gasteiger partial charge in [0, 0.05) is 30.6 Å². The minimum absolute atomic E-state index is 0.0370. The molecule has 1 aromatic heterocycles. The highest BCUT2D eigenvalue weighted by molar-refractivity contribution is 7.51. The van der Waals surface area contributed by atoms with Crippen LogP contribution >= 0.6 is 7.60 Å². The van der Waals surface area contributed by atoms with E-state index in [1.807, 2.05) is 42.3 Å². The molecule has 3 aromatic rings. The molecule has 186 valence electrons. The topological polar surface area (TPSA) is 124 Å². The minimum atomic E-state index is -4.09. The second-order valence-corrected chi connectivity index (χ2v) is 9.97. The number of nitrogens with zero attached hydrogens (tertiary/aromatic N) is 4. The summed E-state index contributed by atoms with van der Waals surface area (Å²) >= 11 is 0. The molecular formula is C23H26F2N5O4P. The first-order valence-electron chi connectivity index (χ1n) is 11.2. The molecule has 1 aliphatic heterocycles. The molecule has 0 aliphatic carbocycles. The molecule has 1 unspecified atom stereocenters. The zero-order chi connectivity index (χ0) is 25.0. The second-order valence-electron chi connectivity index (χ2n) is 8.19. The molecule has 9 nitrogen and oxygen atoms in total. The summed E-state index contributed by atoms with van der Waals surface area (Å²) in [4.78, 5) is 22.0. The average molecular weight is 505 g/mol. The lowest BCUT2D eigenvalue weighted by molar-refractivity contribution is 0.246. The van der Waals surface area contributed by atoms with Crippen LogP contribution in [-0.2, 0) is 11.1 Å². The van der Waals surface area contributed by atoms with Crippen molar-refractivity contribution in [1.82, 2.24) is 20.5 Å². The Balaban J connectivity index is 1.44. The van der Waals surface area contributed by atoms with E-state index in [0.29, 0.717) is 18.7 Å². The molecule has 0 bridgehead atoms. The molecule has 3 N–H and O–H groups in total. The highest BCUT2D eigenvalue weighted by Gasteiger charge is 2.30. The molecule has 0 radical (unpaired) electrons. The third-order valence-electron chi connectivity index (χ3n) is 5.68. The molecule has 0 fully saturated rings. The lowest BCUT2D eigenvalue weighted by Gasteiger charge is -2.21. The predicted molar refractivity (Wildman–Crippen MR) is 126 cm³/mol. The van der Waals surface area contributed by atoms with Gasteiger partial charge in [0.2, 0.25) is 5.82 Å². The first kappa shape index (κ1) is 25.1. The van der Waals surface area contributed by atoms with Gasteiger partial charge in [-0.05, 0) is 37.6 Å². The summed E-state index contributed by atoms with van der Waals surface area (Å²) in [6.07, 6.45) is 0.452. The van der Waals surface area contributed by atoms with Crippen molar-refractivity contribution in [2.24, 2.45) is 5.10 Å². The van der Waals surface area contributed by atoms with E-state index in [9.17, 15) is 13.3 Å². The Bertz CT molecular complexity index is 1220. The van der Waals surface area contributed by atoms with E-state index >= 15 is 0 Å². The van der Waals surface area contributed by atoms with Gasteiger partial charge < -0.3 is 19.6 Å². The number of aromatic nitrogens is 2. The summed E-state index contributed by atoms with van der Waals surface area (Å²) in [5.74, 6) is -1.32. The summed E-state index contributed by atoms with van der Waals surface area (Å²) in [6.45, 7) is 2.78. The Morgan fingerprint density at radius 1 is 1.20 bits per heavy atom. The van der Waals surface area contributed by atoms with Crippen LogP contribution in [-0.4, -0.2) is 49.9 Å². The van der Waals surface area contributed by atoms with E-state index in [4.69, 9.17) is 14.3 Å². The van der Waals surface area contributed by atoms with E-state index in [1.165, 1.54) is 0 Å². The molecule has 2 aromatic carbocycles. The van der Waals surface area contributed by atoms with Gasteiger partial charge in [0.1, 0.15) is 17.3 Å². The number of hydrazone groups is 1. The van der Waals surface area contributed by atoms with E-state index in [1.54, 1.807) is 0 Å². The van der Waals surface area contributed by atoms with Crippen molar-refractivity contribution < 1.29 is 27.7 Å². The van der Waals surface area contributed by atoms with Crippen LogP contribution in [0.3, 0.4) is 0 Å². The molecule has 2 heterocycles. The van der Waals surface area contributed by atoms with Gasteiger partial charge in [-0.15, -0.1) is 0 Å². The molecular weight excluding hydrogens is 479 g/mol. The molecule has 0 amide bonds. The fourth-order valence-corrected chi connectivity index (χ4v) is 4.49. The van der Waals surface area contributed by atoms with Crippen LogP contribution in [0.25, 0.3) is 11.4 Å². The van der Waals surface area contributed by atoms with Crippen LogP contribution in [0.15, 0.2) is 52.1 Å². The molecule has 0 spiro atoms. The number of rotatable bonds is 10. The van der Waals surface area contributed by atoms with Gasteiger partial charge in [0.25, 0.3) is 5.89 Å². The van der Waals surface area contributed by atoms with Crippen molar-refractivity contribution in [1.29, 1.82) is 0 Å². The van der Waals surface area contributed by atoms with Crippen LogP contribution in [0.5, 0.6) is 0 Å². The predicted octanol–water partition coefficient (Wildman–Crippen LogP) is 3.84. The highest BCUT2D eigenvalue weighted by atomic mass is 31.2. The number of benzene rings is 2. The summed E-state index contributed by atoms with van der Waals surface area (Å²) < 4.78 is 45.5. The van der Waals surface area contributed by atoms with Gasteiger partial charge >= 0.3 is 7.60 Å². The molecule has 4 rings (SSSR count). The standard InChI is InChI=1S/C23H26F2N5O4P/c1-2-30-21(15-7-4-3-5-8-15)13-20(28-30)23-27-22(29-34-23)16-11-18(24)17(19(25)12-16)14-26-9-6-10-35(31,32)33/h3-5,7-8,11-12,21,26H,2,6,9-10,13-14H2,1H3,(H2,31,32,33). The van der Waals surface area contributed by atoms with Crippen LogP contribution in [0.4, 0.5) is 8.78 Å². The van der Waals surface area contributed by atoms with Gasteiger partial charge in [-0.25, -0.2) is 8.78 Å². The largest absolute Gasteiger partial charge is 0.332 e. The zero-order valence-electron chi connectivity index (χ0n) is 19.1. The lowest BCUT2D eigenvalue weighted by Crippen LogP contribution is -2.18. The highest BCUT2D eigenvalue weighted by Crippen LogP contribution is 2.35. The van der Waals surface area contributed by atoms with Crippen LogP contribution < -0.4 is 5.32 Å². The third kappa shape index (κ3) is 6.18. The van der Waals surface area contributed by atoms with E-state index in [0.717, 1.165) is 17.7 Å². The van der Waals surface area contributed by atoms with Crippen molar-refractivity contribution in [2.75, 3.05) is 19.3 Å². The second kappa shape index (κ2) is 10.7. The van der Waals surface area contributed by atoms with Crippen LogP contribution in [0.2, 0.25) is 0 Å². The smallest absolute Gasteiger partial charge is 0.325 e. The molecule has 35 heavy (non-hydrogen) atoms. The molecule has 1 aliphatic rings. The van der Waals surface area contributed by atoms with Crippen molar-refractivity contribution in [3.05, 3.63) is 71.1 Å². The van der Waals surface area contributed by atoms with Crippen LogP contribution in [0, 0.1) is 11.6 Å². The van der Waals surface area contributed by atoms with Crippen molar-refractivity contribution >= 4 is 13.3 Å². The average Bonchev–Trinajstić information content (AvgIpc) is 3.47. The molecule has 0 saturated heterocycles. The first-order chi connectivity index (χ1) is 16.7. The monoisotopic (exact) mass is 505 g/mol. The number of hydrogen-bond donors (Lipinski definition) is 3. The fourth-order valence-electron chi connectivity index (χ4n) is 3.92. The Morgan fingerprint density at radius 2 is 1.91 bits per heavy atom. The number of halogens is 2. The van der Waals surface area contributed by atoms with Crippen molar-refractivity contribution in [3.8, 4) is 11.4 Å². The van der Waals surface area contributed by atoms with Crippen LogP contribution in [0.1, 0.15) is 42.8 Å². The van der Waals surface area contributed by atoms with Gasteiger partial charge in [-0.2, -0.15) is 10.1 Å². The Hall–Kier alpha value is -2.98. The summed E-state index contributed by atoms with van der Waals surface area (Å²) in [5.41, 5.74) is 1.67. The van der Waals surface area contributed by atoms with E-state index < -0.39 is 19.2 Å². The summed E-state index contributed by atoms with van der Waals surface area (Å²) in [5, 5.41) is 13.2. The maximum Gasteiger partial charge on any atom is 0.325 e. The summed E-state index contributed by atoms with van der Waals surface area (Å²) in [7, 11) is -4.09. The number of nitrogens with one attached hydrogen (secondary N) is 1. The van der Waals surface area contributed by atoms with Gasteiger partial charge in [0.05, 0.1) is 12.2 Å². The molecule has 12 heteroatoms. The van der Waals surface area contributed by atoms with E-state index in [2.05, 4.69) is 20.6 Å². The van der Waals surface area contributed by atoms with Crippen molar-refractivity contribution in [3.63, 3.8) is 0 Å². The first-order valence-corrected chi connectivity index (χ1v) is 13.0. The summed E-state index contributed by atoms with van der Waals surface area (Å²) in [6, 6.07) is 12.3. The third-order valence-corrected chi connectivity index (χ3v) is 6.58. The molecule has 1 atom stereocenters. The Labute approximate surface area is 201 Å². The van der Waals surface area contributed by atoms with Gasteiger partial charge in [-0.1, -0.05) is 35.5 Å².